The second-order valence-electron chi connectivity index (χ2n) is 8.96. The van der Waals surface area contributed by atoms with Crippen LogP contribution in [0.4, 0.5) is 0 Å². The van der Waals surface area contributed by atoms with E-state index in [2.05, 4.69) is 53.8 Å². The number of methoxy groups -OCH3 is 1. The highest BCUT2D eigenvalue weighted by Gasteiger charge is 2.37. The topological polar surface area (TPSA) is 27.7 Å². The standard InChI is InChI=1S/C23H40O3Si/c1-19(20(2)17-26-27(7,8)23(3,4)5)11-9-10-16-25-18-21-12-14-22(24-6)15-13-21/h11-15,20H,9-10,16-18H2,1-8H3/b19-11+/t20-/m1/s1. The monoisotopic (exact) mass is 392 g/mol. The van der Waals surface area contributed by atoms with Gasteiger partial charge in [0.1, 0.15) is 5.75 Å². The minimum Gasteiger partial charge on any atom is -0.497 e. The molecule has 1 aromatic carbocycles. The zero-order valence-electron chi connectivity index (χ0n) is 18.7. The fourth-order valence-corrected chi connectivity index (χ4v) is 3.41. The maximum absolute atomic E-state index is 6.35. The lowest BCUT2D eigenvalue weighted by molar-refractivity contribution is 0.119. The van der Waals surface area contributed by atoms with Crippen molar-refractivity contribution >= 4 is 8.32 Å². The average Bonchev–Trinajstić information content (AvgIpc) is 2.61. The second-order valence-corrected chi connectivity index (χ2v) is 13.8. The highest BCUT2D eigenvalue weighted by atomic mass is 28.4. The first-order valence-corrected chi connectivity index (χ1v) is 13.0. The van der Waals surface area contributed by atoms with E-state index in [1.165, 1.54) is 11.1 Å². The van der Waals surface area contributed by atoms with Gasteiger partial charge < -0.3 is 13.9 Å². The molecule has 0 amide bonds. The Bertz CT molecular complexity index is 570. The first-order chi connectivity index (χ1) is 12.6. The van der Waals surface area contributed by atoms with E-state index in [0.29, 0.717) is 12.5 Å². The van der Waals surface area contributed by atoms with Crippen LogP contribution in [0.25, 0.3) is 0 Å². The van der Waals surface area contributed by atoms with E-state index in [-0.39, 0.29) is 5.04 Å². The van der Waals surface area contributed by atoms with Crippen LogP contribution >= 0.6 is 0 Å². The van der Waals surface area contributed by atoms with E-state index >= 15 is 0 Å². The van der Waals surface area contributed by atoms with Crippen LogP contribution in [0.1, 0.15) is 53.0 Å². The fourth-order valence-electron chi connectivity index (χ4n) is 2.31. The van der Waals surface area contributed by atoms with Gasteiger partial charge in [0.15, 0.2) is 8.32 Å². The molecule has 0 spiro atoms. The maximum atomic E-state index is 6.35. The van der Waals surface area contributed by atoms with Gasteiger partial charge in [0.25, 0.3) is 0 Å². The van der Waals surface area contributed by atoms with Crippen LogP contribution in [0.5, 0.6) is 5.75 Å². The van der Waals surface area contributed by atoms with Gasteiger partial charge in [0, 0.05) is 13.2 Å². The summed E-state index contributed by atoms with van der Waals surface area (Å²) in [5, 5.41) is 0.269. The van der Waals surface area contributed by atoms with Crippen molar-refractivity contribution in [3.8, 4) is 5.75 Å². The number of hydrogen-bond acceptors (Lipinski definition) is 3. The molecule has 0 heterocycles. The molecule has 0 radical (unpaired) electrons. The molecular formula is C23H40O3Si. The van der Waals surface area contributed by atoms with Gasteiger partial charge in [0.05, 0.1) is 13.7 Å². The zero-order chi connectivity index (χ0) is 20.5. The highest BCUT2D eigenvalue weighted by Crippen LogP contribution is 2.37. The van der Waals surface area contributed by atoms with Crippen LogP contribution in [0.15, 0.2) is 35.9 Å². The average molecular weight is 393 g/mol. The third-order valence-electron chi connectivity index (χ3n) is 5.66. The SMILES string of the molecule is COc1ccc(COCCC/C=C(\C)[C@H](C)CO[Si](C)(C)C(C)(C)C)cc1. The molecule has 1 atom stereocenters. The molecule has 0 saturated carbocycles. The highest BCUT2D eigenvalue weighted by molar-refractivity contribution is 6.74. The summed E-state index contributed by atoms with van der Waals surface area (Å²) in [5.41, 5.74) is 2.60. The van der Waals surface area contributed by atoms with E-state index in [9.17, 15) is 0 Å². The third-order valence-corrected chi connectivity index (χ3v) is 10.2. The Morgan fingerprint density at radius 1 is 1.15 bits per heavy atom. The van der Waals surface area contributed by atoms with Crippen molar-refractivity contribution in [2.75, 3.05) is 20.3 Å². The lowest BCUT2D eigenvalue weighted by Crippen LogP contribution is -2.41. The van der Waals surface area contributed by atoms with Gasteiger partial charge in [-0.1, -0.05) is 51.5 Å². The first-order valence-electron chi connectivity index (χ1n) is 10.1. The molecule has 27 heavy (non-hydrogen) atoms. The largest absolute Gasteiger partial charge is 0.497 e. The van der Waals surface area contributed by atoms with Crippen LogP contribution < -0.4 is 4.74 Å². The Kier molecular flexibility index (Phi) is 9.78. The van der Waals surface area contributed by atoms with Crippen molar-refractivity contribution in [2.24, 2.45) is 5.92 Å². The van der Waals surface area contributed by atoms with Gasteiger partial charge in [-0.3, -0.25) is 0 Å². The fraction of sp³-hybridized carbons (Fsp3) is 0.652. The van der Waals surface area contributed by atoms with E-state index < -0.39 is 8.32 Å². The van der Waals surface area contributed by atoms with Gasteiger partial charge in [-0.2, -0.15) is 0 Å². The predicted octanol–water partition coefficient (Wildman–Crippen LogP) is 6.60. The van der Waals surface area contributed by atoms with Crippen LogP contribution in [-0.4, -0.2) is 28.6 Å². The molecule has 1 aromatic rings. The number of hydrogen-bond donors (Lipinski definition) is 0. The number of unbranched alkanes of at least 4 members (excludes halogenated alkanes) is 1. The Morgan fingerprint density at radius 3 is 2.33 bits per heavy atom. The quantitative estimate of drug-likeness (QED) is 0.241. The van der Waals surface area contributed by atoms with Gasteiger partial charge in [-0.05, 0) is 61.5 Å². The molecule has 0 aliphatic heterocycles. The first kappa shape index (κ1) is 23.9. The summed E-state index contributed by atoms with van der Waals surface area (Å²) in [6.07, 6.45) is 4.44. The zero-order valence-corrected chi connectivity index (χ0v) is 19.7. The van der Waals surface area contributed by atoms with Crippen molar-refractivity contribution in [1.29, 1.82) is 0 Å². The molecule has 0 aliphatic carbocycles. The number of benzene rings is 1. The molecule has 1 rings (SSSR count). The summed E-state index contributed by atoms with van der Waals surface area (Å²) in [5.74, 6) is 1.35. The van der Waals surface area contributed by atoms with E-state index in [4.69, 9.17) is 13.9 Å². The van der Waals surface area contributed by atoms with Crippen molar-refractivity contribution in [3.63, 3.8) is 0 Å². The number of rotatable bonds is 11. The molecule has 0 bridgehead atoms. The van der Waals surface area contributed by atoms with Crippen molar-refractivity contribution in [2.45, 2.75) is 72.2 Å². The van der Waals surface area contributed by atoms with Gasteiger partial charge >= 0.3 is 0 Å². The molecule has 0 saturated heterocycles. The Labute approximate surface area is 168 Å². The lowest BCUT2D eigenvalue weighted by Gasteiger charge is -2.37. The molecule has 4 heteroatoms. The van der Waals surface area contributed by atoms with Crippen molar-refractivity contribution in [1.82, 2.24) is 0 Å². The minimum atomic E-state index is -1.66. The maximum Gasteiger partial charge on any atom is 0.192 e. The predicted molar refractivity (Wildman–Crippen MR) is 118 cm³/mol. The summed E-state index contributed by atoms with van der Waals surface area (Å²) in [4.78, 5) is 0. The molecule has 154 valence electrons. The summed E-state index contributed by atoms with van der Waals surface area (Å²) in [6.45, 7) is 18.3. The van der Waals surface area contributed by atoms with Crippen LogP contribution in [0.3, 0.4) is 0 Å². The molecule has 0 aromatic heterocycles. The van der Waals surface area contributed by atoms with E-state index in [1.54, 1.807) is 7.11 Å². The third kappa shape index (κ3) is 8.63. The summed E-state index contributed by atoms with van der Waals surface area (Å²) in [7, 11) is 0.0261. The van der Waals surface area contributed by atoms with Gasteiger partial charge in [-0.25, -0.2) is 0 Å². The van der Waals surface area contributed by atoms with Gasteiger partial charge in [-0.15, -0.1) is 0 Å². The number of ether oxygens (including phenoxy) is 2. The van der Waals surface area contributed by atoms with Crippen molar-refractivity contribution < 1.29 is 13.9 Å². The molecule has 3 nitrogen and oxygen atoms in total. The molecule has 0 aliphatic rings. The Balaban J connectivity index is 2.25. The Hall–Kier alpha value is -1.10. The molecule has 0 fully saturated rings. The normalized spacial score (nSPS) is 14.3. The number of allylic oxidation sites excluding steroid dienone is 1. The summed E-state index contributed by atoms with van der Waals surface area (Å²) in [6, 6.07) is 8.04. The smallest absolute Gasteiger partial charge is 0.192 e. The van der Waals surface area contributed by atoms with Crippen molar-refractivity contribution in [3.05, 3.63) is 41.5 Å². The van der Waals surface area contributed by atoms with Crippen LogP contribution in [0.2, 0.25) is 18.1 Å². The van der Waals surface area contributed by atoms with E-state index in [1.807, 2.05) is 24.3 Å². The summed E-state index contributed by atoms with van der Waals surface area (Å²) < 4.78 is 17.3. The lowest BCUT2D eigenvalue weighted by atomic mass is 10.0. The second kappa shape index (κ2) is 11.0. The molecule has 0 unspecified atom stereocenters. The molecule has 0 N–H and O–H groups in total. The van der Waals surface area contributed by atoms with Crippen LogP contribution in [0, 0.1) is 5.92 Å². The van der Waals surface area contributed by atoms with Crippen LogP contribution in [-0.2, 0) is 15.8 Å². The van der Waals surface area contributed by atoms with E-state index in [0.717, 1.165) is 31.8 Å². The minimum absolute atomic E-state index is 0.269. The van der Waals surface area contributed by atoms with Gasteiger partial charge in [0.2, 0.25) is 0 Å². The summed E-state index contributed by atoms with van der Waals surface area (Å²) >= 11 is 0. The Morgan fingerprint density at radius 2 is 1.78 bits per heavy atom. The molecular weight excluding hydrogens is 352 g/mol.